The van der Waals surface area contributed by atoms with Crippen LogP contribution in [0.15, 0.2) is 0 Å². The smallest absolute Gasteiger partial charge is 0.407 e. The summed E-state index contributed by atoms with van der Waals surface area (Å²) in [7, 11) is 0. The molecule has 0 rings (SSSR count). The predicted octanol–water partition coefficient (Wildman–Crippen LogP) is 1.80. The first-order valence-corrected chi connectivity index (χ1v) is 6.56. The van der Waals surface area contributed by atoms with Crippen LogP contribution in [0.4, 0.5) is 4.79 Å². The minimum absolute atomic E-state index is 0.0708. The number of hydrogen-bond donors (Lipinski definition) is 2. The van der Waals surface area contributed by atoms with Gasteiger partial charge in [-0.1, -0.05) is 22.9 Å². The fraction of sp³-hybridized carbons (Fsp3) is 0.818. The van der Waals surface area contributed by atoms with Gasteiger partial charge in [0.2, 0.25) is 5.91 Å². The highest BCUT2D eigenvalue weighted by Gasteiger charge is 2.15. The molecule has 0 fully saturated rings. The molecule has 0 bridgehead atoms. The summed E-state index contributed by atoms with van der Waals surface area (Å²) in [5, 5.41) is 5.26. The third kappa shape index (κ3) is 8.97. The molecule has 1 unspecified atom stereocenters. The Bertz CT molecular complexity index is 264. The van der Waals surface area contributed by atoms with Crippen molar-refractivity contribution >= 4 is 27.9 Å². The van der Waals surface area contributed by atoms with Gasteiger partial charge in [-0.15, -0.1) is 0 Å². The number of hydrogen-bond acceptors (Lipinski definition) is 3. The first-order chi connectivity index (χ1) is 7.76. The Balaban J connectivity index is 3.65. The van der Waals surface area contributed by atoms with Crippen LogP contribution < -0.4 is 10.6 Å². The molecule has 0 aliphatic carbocycles. The van der Waals surface area contributed by atoms with Crippen molar-refractivity contribution in [2.45, 2.75) is 44.5 Å². The fourth-order valence-electron chi connectivity index (χ4n) is 0.961. The van der Waals surface area contributed by atoms with E-state index in [4.69, 9.17) is 4.74 Å². The number of carbonyl (C=O) groups excluding carboxylic acids is 2. The molecule has 0 radical (unpaired) electrons. The lowest BCUT2D eigenvalue weighted by Crippen LogP contribution is -2.39. The largest absolute Gasteiger partial charge is 0.444 e. The predicted molar refractivity (Wildman–Crippen MR) is 70.3 cm³/mol. The van der Waals surface area contributed by atoms with Crippen molar-refractivity contribution < 1.29 is 14.3 Å². The topological polar surface area (TPSA) is 67.4 Å². The Labute approximate surface area is 111 Å². The van der Waals surface area contributed by atoms with Gasteiger partial charge >= 0.3 is 6.09 Å². The van der Waals surface area contributed by atoms with Crippen molar-refractivity contribution in [3.63, 3.8) is 0 Å². The van der Waals surface area contributed by atoms with Crippen LogP contribution in [0, 0.1) is 0 Å². The van der Waals surface area contributed by atoms with Crippen LogP contribution >= 0.6 is 15.9 Å². The summed E-state index contributed by atoms with van der Waals surface area (Å²) in [5.41, 5.74) is -0.503. The molecule has 5 nitrogen and oxygen atoms in total. The second-order valence-electron chi connectivity index (χ2n) is 4.60. The third-order valence-electron chi connectivity index (χ3n) is 1.74. The molecule has 1 atom stereocenters. The first-order valence-electron chi connectivity index (χ1n) is 5.65. The lowest BCUT2D eigenvalue weighted by Gasteiger charge is -2.19. The molecule has 100 valence electrons. The maximum absolute atomic E-state index is 11.3. The van der Waals surface area contributed by atoms with Crippen LogP contribution in [0.25, 0.3) is 0 Å². The van der Waals surface area contributed by atoms with E-state index < -0.39 is 11.7 Å². The Morgan fingerprint density at radius 1 is 1.24 bits per heavy atom. The number of nitrogens with one attached hydrogen (secondary N) is 2. The van der Waals surface area contributed by atoms with Gasteiger partial charge in [0.1, 0.15) is 5.60 Å². The van der Waals surface area contributed by atoms with Gasteiger partial charge in [0.15, 0.2) is 0 Å². The van der Waals surface area contributed by atoms with Gasteiger partial charge in [0.25, 0.3) is 0 Å². The summed E-state index contributed by atoms with van der Waals surface area (Å²) >= 11 is 3.24. The molecule has 0 aromatic carbocycles. The highest BCUT2D eigenvalue weighted by atomic mass is 79.9. The summed E-state index contributed by atoms with van der Waals surface area (Å²) in [6, 6.07) is 0. The van der Waals surface area contributed by atoms with E-state index in [-0.39, 0.29) is 10.7 Å². The number of alkyl carbamates (subject to hydrolysis) is 1. The lowest BCUT2D eigenvalue weighted by atomic mass is 10.2. The Morgan fingerprint density at radius 3 is 2.24 bits per heavy atom. The van der Waals surface area contributed by atoms with Crippen molar-refractivity contribution in [3.8, 4) is 0 Å². The summed E-state index contributed by atoms with van der Waals surface area (Å²) < 4.78 is 5.04. The normalized spacial score (nSPS) is 12.8. The van der Waals surface area contributed by atoms with E-state index in [1.54, 1.807) is 20.8 Å². The summed E-state index contributed by atoms with van der Waals surface area (Å²) in [6.45, 7) is 8.04. The van der Waals surface area contributed by atoms with E-state index in [1.807, 2.05) is 6.92 Å². The number of alkyl halides is 1. The van der Waals surface area contributed by atoms with E-state index in [9.17, 15) is 9.59 Å². The van der Waals surface area contributed by atoms with E-state index >= 15 is 0 Å². The molecule has 0 heterocycles. The van der Waals surface area contributed by atoms with E-state index in [0.29, 0.717) is 13.1 Å². The van der Waals surface area contributed by atoms with Crippen molar-refractivity contribution in [2.24, 2.45) is 0 Å². The Kier molecular flexibility index (Phi) is 7.18. The molecule has 0 aromatic rings. The second-order valence-corrected chi connectivity index (χ2v) is 5.70. The summed E-state index contributed by atoms with van der Waals surface area (Å²) in [4.78, 5) is 22.4. The van der Waals surface area contributed by atoms with Gasteiger partial charge in [0, 0.05) is 13.1 Å². The first kappa shape index (κ1) is 16.2. The number of halogens is 1. The monoisotopic (exact) mass is 308 g/mol. The number of amides is 2. The zero-order valence-electron chi connectivity index (χ0n) is 10.8. The highest BCUT2D eigenvalue weighted by molar-refractivity contribution is 9.10. The molecule has 2 amide bonds. The molecular formula is C11H21BrN2O3. The molecule has 2 N–H and O–H groups in total. The van der Waals surface area contributed by atoms with Gasteiger partial charge in [0.05, 0.1) is 4.83 Å². The van der Waals surface area contributed by atoms with Gasteiger partial charge in [-0.05, 0) is 27.2 Å². The second kappa shape index (κ2) is 7.53. The van der Waals surface area contributed by atoms with Crippen LogP contribution in [0.2, 0.25) is 0 Å². The highest BCUT2D eigenvalue weighted by Crippen LogP contribution is 2.06. The van der Waals surface area contributed by atoms with Crippen LogP contribution in [-0.2, 0) is 9.53 Å². The van der Waals surface area contributed by atoms with Gasteiger partial charge in [-0.3, -0.25) is 4.79 Å². The molecule has 6 heteroatoms. The third-order valence-corrected chi connectivity index (χ3v) is 2.80. The minimum atomic E-state index is -0.503. The van der Waals surface area contributed by atoms with Crippen molar-refractivity contribution in [2.75, 3.05) is 13.1 Å². The van der Waals surface area contributed by atoms with E-state index in [0.717, 1.165) is 6.42 Å². The van der Waals surface area contributed by atoms with Gasteiger partial charge in [-0.2, -0.15) is 0 Å². The molecule has 0 aromatic heterocycles. The van der Waals surface area contributed by atoms with E-state index in [2.05, 4.69) is 26.6 Å². The van der Waals surface area contributed by atoms with Crippen molar-refractivity contribution in [1.82, 2.24) is 10.6 Å². The zero-order chi connectivity index (χ0) is 13.5. The molecular weight excluding hydrogens is 288 g/mol. The minimum Gasteiger partial charge on any atom is -0.444 e. The Morgan fingerprint density at radius 2 is 1.76 bits per heavy atom. The molecule has 0 aliphatic heterocycles. The summed E-state index contributed by atoms with van der Waals surface area (Å²) in [6.07, 6.45) is 0.253. The maximum Gasteiger partial charge on any atom is 0.407 e. The SMILES string of the molecule is CCC(Br)C(=O)NCCNC(=O)OC(C)(C)C. The van der Waals surface area contributed by atoms with Crippen LogP contribution in [0.5, 0.6) is 0 Å². The quantitative estimate of drug-likeness (QED) is 0.601. The molecule has 17 heavy (non-hydrogen) atoms. The average molecular weight is 309 g/mol. The number of ether oxygens (including phenoxy) is 1. The van der Waals surface area contributed by atoms with Crippen molar-refractivity contribution in [3.05, 3.63) is 0 Å². The van der Waals surface area contributed by atoms with E-state index in [1.165, 1.54) is 0 Å². The maximum atomic E-state index is 11.3. The van der Waals surface area contributed by atoms with Gasteiger partial charge in [-0.25, -0.2) is 4.79 Å². The molecule has 0 saturated heterocycles. The Hall–Kier alpha value is -0.780. The van der Waals surface area contributed by atoms with Gasteiger partial charge < -0.3 is 15.4 Å². The van der Waals surface area contributed by atoms with Crippen molar-refractivity contribution in [1.29, 1.82) is 0 Å². The van der Waals surface area contributed by atoms with Crippen LogP contribution in [0.1, 0.15) is 34.1 Å². The zero-order valence-corrected chi connectivity index (χ0v) is 12.4. The lowest BCUT2D eigenvalue weighted by molar-refractivity contribution is -0.120. The number of carbonyl (C=O) groups is 2. The number of rotatable bonds is 5. The average Bonchev–Trinajstić information content (AvgIpc) is 2.20. The fourth-order valence-corrected chi connectivity index (χ4v) is 1.12. The molecule has 0 spiro atoms. The molecule has 0 aliphatic rings. The van der Waals surface area contributed by atoms with Crippen LogP contribution in [0.3, 0.4) is 0 Å². The molecule has 0 saturated carbocycles. The summed E-state index contributed by atoms with van der Waals surface area (Å²) in [5.74, 6) is -0.0708. The standard InChI is InChI=1S/C11H21BrN2O3/c1-5-8(12)9(15)13-6-7-14-10(16)17-11(2,3)4/h8H,5-7H2,1-4H3,(H,13,15)(H,14,16). The van der Waals surface area contributed by atoms with Crippen LogP contribution in [-0.4, -0.2) is 35.5 Å².